The molecule has 3 heteroatoms. The summed E-state index contributed by atoms with van der Waals surface area (Å²) in [6.45, 7) is 1.79. The Morgan fingerprint density at radius 3 is 2.47 bits per heavy atom. The van der Waals surface area contributed by atoms with Gasteiger partial charge in [0, 0.05) is 11.8 Å². The number of ether oxygens (including phenoxy) is 1. The van der Waals surface area contributed by atoms with Gasteiger partial charge < -0.3 is 4.74 Å². The average Bonchev–Trinajstić information content (AvgIpc) is 2.78. The molecule has 0 amide bonds. The Bertz CT molecular complexity index is 634. The van der Waals surface area contributed by atoms with E-state index in [4.69, 9.17) is 4.74 Å². The zero-order valence-corrected chi connectivity index (χ0v) is 10.5. The van der Waals surface area contributed by atoms with E-state index in [1.165, 1.54) is 6.26 Å². The first-order valence-electron chi connectivity index (χ1n) is 6.11. The Morgan fingerprint density at radius 1 is 1.05 bits per heavy atom. The largest absolute Gasteiger partial charge is 0.481 e. The Morgan fingerprint density at radius 2 is 1.79 bits per heavy atom. The second kappa shape index (κ2) is 4.35. The normalized spacial score (nSPS) is 21.9. The third-order valence-corrected chi connectivity index (χ3v) is 3.36. The number of ketones is 1. The highest BCUT2D eigenvalue weighted by Crippen LogP contribution is 2.37. The monoisotopic (exact) mass is 251 g/mol. The van der Waals surface area contributed by atoms with Crippen molar-refractivity contribution in [2.45, 2.75) is 12.5 Å². The van der Waals surface area contributed by atoms with Gasteiger partial charge in [-0.05, 0) is 19.1 Å². The molecule has 0 radical (unpaired) electrons. The zero-order valence-electron chi connectivity index (χ0n) is 10.5. The van der Waals surface area contributed by atoms with Crippen molar-refractivity contribution in [3.8, 4) is 0 Å². The minimum absolute atomic E-state index is 0.0580. The fourth-order valence-electron chi connectivity index (χ4n) is 2.19. The number of hydrogen-bond acceptors (Lipinski definition) is 3. The summed E-state index contributed by atoms with van der Waals surface area (Å²) in [6.07, 6.45) is 3.18. The summed E-state index contributed by atoms with van der Waals surface area (Å²) in [5.74, 6) is -0.0580. The van der Waals surface area contributed by atoms with Gasteiger partial charge in [0.1, 0.15) is 0 Å². The molecule has 1 aromatic heterocycles. The minimum atomic E-state index is -0.950. The lowest BCUT2D eigenvalue weighted by atomic mass is 9.88. The summed E-state index contributed by atoms with van der Waals surface area (Å²) >= 11 is 0. The number of hydrogen-bond donors (Lipinski definition) is 0. The molecule has 3 rings (SSSR count). The van der Waals surface area contributed by atoms with Gasteiger partial charge in [-0.25, -0.2) is 0 Å². The lowest BCUT2D eigenvalue weighted by Gasteiger charge is -2.22. The Hall–Kier alpha value is -2.42. The van der Waals surface area contributed by atoms with Crippen molar-refractivity contribution in [3.63, 3.8) is 0 Å². The van der Waals surface area contributed by atoms with Crippen LogP contribution < -0.4 is 0 Å². The molecule has 1 aliphatic rings. The highest BCUT2D eigenvalue weighted by molar-refractivity contribution is 6.25. The van der Waals surface area contributed by atoms with E-state index in [1.54, 1.807) is 13.1 Å². The summed E-state index contributed by atoms with van der Waals surface area (Å²) in [5.41, 5.74) is 1.06. The molecule has 0 fully saturated rings. The highest BCUT2D eigenvalue weighted by Gasteiger charge is 2.43. The average molecular weight is 251 g/mol. The number of Topliss-reactive ketones (excluding diaryl/α,β-unsaturated/α-hetero) is 1. The van der Waals surface area contributed by atoms with Crippen LogP contribution in [0.4, 0.5) is 0 Å². The molecule has 1 aliphatic heterocycles. The minimum Gasteiger partial charge on any atom is -0.481 e. The number of aromatic nitrogens is 1. The van der Waals surface area contributed by atoms with Gasteiger partial charge in [-0.2, -0.15) is 0 Å². The van der Waals surface area contributed by atoms with Crippen molar-refractivity contribution in [1.82, 2.24) is 4.98 Å². The van der Waals surface area contributed by atoms with Crippen LogP contribution in [-0.2, 0) is 15.1 Å². The van der Waals surface area contributed by atoms with Gasteiger partial charge in [-0.15, -0.1) is 0 Å². The summed E-state index contributed by atoms with van der Waals surface area (Å²) < 4.78 is 5.65. The van der Waals surface area contributed by atoms with Crippen molar-refractivity contribution in [2.24, 2.45) is 0 Å². The van der Waals surface area contributed by atoms with Crippen molar-refractivity contribution in [3.05, 3.63) is 72.2 Å². The summed E-state index contributed by atoms with van der Waals surface area (Å²) in [7, 11) is 0. The Balaban J connectivity index is 1.98. The first-order valence-corrected chi connectivity index (χ1v) is 6.11. The molecule has 19 heavy (non-hydrogen) atoms. The van der Waals surface area contributed by atoms with Crippen LogP contribution in [0.5, 0.6) is 0 Å². The van der Waals surface area contributed by atoms with E-state index in [9.17, 15) is 4.79 Å². The number of nitrogens with zero attached hydrogens (tertiary/aromatic N) is 1. The molecule has 1 unspecified atom stereocenters. The molecule has 1 atom stereocenters. The van der Waals surface area contributed by atoms with Gasteiger partial charge in [-0.3, -0.25) is 9.78 Å². The predicted molar refractivity (Wildman–Crippen MR) is 72.1 cm³/mol. The van der Waals surface area contributed by atoms with Gasteiger partial charge in [-0.1, -0.05) is 36.4 Å². The molecule has 0 saturated carbocycles. The third kappa shape index (κ3) is 1.83. The van der Waals surface area contributed by atoms with Crippen LogP contribution >= 0.6 is 0 Å². The van der Waals surface area contributed by atoms with Crippen LogP contribution in [0.2, 0.25) is 0 Å². The lowest BCUT2D eigenvalue weighted by Crippen LogP contribution is -2.30. The van der Waals surface area contributed by atoms with Crippen molar-refractivity contribution >= 4 is 11.4 Å². The molecular weight excluding hydrogens is 238 g/mol. The molecule has 3 nitrogen and oxygen atoms in total. The molecule has 94 valence electrons. The van der Waals surface area contributed by atoms with Crippen molar-refractivity contribution < 1.29 is 9.53 Å². The molecule has 2 heterocycles. The summed E-state index contributed by atoms with van der Waals surface area (Å²) in [6, 6.07) is 15.0. The van der Waals surface area contributed by atoms with E-state index in [2.05, 4.69) is 4.98 Å². The van der Waals surface area contributed by atoms with Crippen LogP contribution in [0.3, 0.4) is 0 Å². The first-order chi connectivity index (χ1) is 9.22. The van der Waals surface area contributed by atoms with Gasteiger partial charge >= 0.3 is 0 Å². The predicted octanol–water partition coefficient (Wildman–Crippen LogP) is 2.94. The molecule has 0 spiro atoms. The summed E-state index contributed by atoms with van der Waals surface area (Å²) in [4.78, 5) is 16.8. The quantitative estimate of drug-likeness (QED) is 0.823. The van der Waals surface area contributed by atoms with Gasteiger partial charge in [0.05, 0.1) is 17.5 Å². The lowest BCUT2D eigenvalue weighted by molar-refractivity contribution is -0.127. The molecule has 0 aliphatic carbocycles. The van der Waals surface area contributed by atoms with Gasteiger partial charge in [0.2, 0.25) is 5.78 Å². The number of carbonyl (C=O) groups is 1. The maximum absolute atomic E-state index is 12.6. The van der Waals surface area contributed by atoms with E-state index < -0.39 is 5.60 Å². The zero-order chi connectivity index (χ0) is 13.3. The fraction of sp³-hybridized carbons (Fsp3) is 0.125. The Kier molecular flexibility index (Phi) is 2.67. The molecule has 2 aromatic rings. The molecule has 0 saturated heterocycles. The van der Waals surface area contributed by atoms with E-state index in [-0.39, 0.29) is 5.78 Å². The molecule has 0 bridgehead atoms. The maximum atomic E-state index is 12.6. The third-order valence-electron chi connectivity index (χ3n) is 3.36. The summed E-state index contributed by atoms with van der Waals surface area (Å²) in [5, 5.41) is 0. The number of pyridine rings is 1. The molecule has 1 aromatic carbocycles. The molecule has 0 N–H and O–H groups in total. The van der Waals surface area contributed by atoms with E-state index >= 15 is 0 Å². The van der Waals surface area contributed by atoms with E-state index in [0.29, 0.717) is 11.3 Å². The second-order valence-corrected chi connectivity index (χ2v) is 4.59. The molecular formula is C16H13NO2. The number of carbonyl (C=O) groups excluding carboxylic acids is 1. The second-order valence-electron chi connectivity index (χ2n) is 4.59. The smallest absolute Gasteiger partial charge is 0.215 e. The first kappa shape index (κ1) is 11.7. The van der Waals surface area contributed by atoms with Crippen LogP contribution in [-0.4, -0.2) is 10.8 Å². The number of benzene rings is 1. The number of rotatable bonds is 2. The Labute approximate surface area is 111 Å². The van der Waals surface area contributed by atoms with Crippen molar-refractivity contribution in [2.75, 3.05) is 0 Å². The van der Waals surface area contributed by atoms with E-state index in [0.717, 1.165) is 5.56 Å². The van der Waals surface area contributed by atoms with Crippen LogP contribution in [0.25, 0.3) is 5.57 Å². The highest BCUT2D eigenvalue weighted by atomic mass is 16.5. The van der Waals surface area contributed by atoms with Gasteiger partial charge in [0.15, 0.2) is 5.60 Å². The SMILES string of the molecule is CC1(c2ccccc2)OC=C(c2ccccn2)C1=O. The van der Waals surface area contributed by atoms with E-state index in [1.807, 2.05) is 48.5 Å². The topological polar surface area (TPSA) is 39.2 Å². The van der Waals surface area contributed by atoms with Gasteiger partial charge in [0.25, 0.3) is 0 Å². The maximum Gasteiger partial charge on any atom is 0.215 e. The van der Waals surface area contributed by atoms with Crippen LogP contribution in [0.1, 0.15) is 18.2 Å². The standard InChI is InChI=1S/C16H13NO2/c1-16(12-7-3-2-4-8-12)15(18)13(11-19-16)14-9-5-6-10-17-14/h2-11H,1H3. The van der Waals surface area contributed by atoms with Crippen LogP contribution in [0.15, 0.2) is 61.0 Å². The van der Waals surface area contributed by atoms with Crippen molar-refractivity contribution in [1.29, 1.82) is 0 Å². The van der Waals surface area contributed by atoms with Crippen LogP contribution in [0, 0.1) is 0 Å². The fourth-order valence-corrected chi connectivity index (χ4v) is 2.19.